The molecule has 0 aromatic heterocycles. The highest BCUT2D eigenvalue weighted by atomic mass is 16.3. The van der Waals surface area contributed by atoms with Crippen molar-refractivity contribution in [3.63, 3.8) is 0 Å². The Labute approximate surface area is 62.4 Å². The molecule has 2 heteroatoms. The molecule has 2 nitrogen and oxygen atoms in total. The molecule has 10 heavy (non-hydrogen) atoms. The van der Waals surface area contributed by atoms with E-state index in [9.17, 15) is 5.11 Å². The van der Waals surface area contributed by atoms with Gasteiger partial charge in [-0.3, -0.25) is 0 Å². The van der Waals surface area contributed by atoms with Gasteiger partial charge in [0.05, 0.1) is 6.10 Å². The van der Waals surface area contributed by atoms with E-state index in [0.717, 1.165) is 12.8 Å². The lowest BCUT2D eigenvalue weighted by Gasteiger charge is -2.19. The van der Waals surface area contributed by atoms with Crippen LogP contribution in [0.3, 0.4) is 0 Å². The Hall–Kier alpha value is -0.0800. The van der Waals surface area contributed by atoms with Gasteiger partial charge in [-0.2, -0.15) is 0 Å². The summed E-state index contributed by atoms with van der Waals surface area (Å²) in [4.78, 5) is 0. The zero-order valence-corrected chi connectivity index (χ0v) is 6.80. The van der Waals surface area contributed by atoms with Crippen LogP contribution in [-0.2, 0) is 0 Å². The van der Waals surface area contributed by atoms with Crippen LogP contribution in [-0.4, -0.2) is 17.8 Å². The maximum Gasteiger partial charge on any atom is 0.0608 e. The zero-order valence-electron chi connectivity index (χ0n) is 6.80. The highest BCUT2D eigenvalue weighted by Crippen LogP contribution is 2.54. The SMILES string of the molecule is CC[C@H](O)[C@@]1(CN)C[C@H]1C. The fourth-order valence-electron chi connectivity index (χ4n) is 1.80. The van der Waals surface area contributed by atoms with Crippen LogP contribution in [0.5, 0.6) is 0 Å². The lowest BCUT2D eigenvalue weighted by Crippen LogP contribution is -2.30. The van der Waals surface area contributed by atoms with Crippen molar-refractivity contribution in [2.24, 2.45) is 17.1 Å². The molecule has 60 valence electrons. The van der Waals surface area contributed by atoms with E-state index in [1.165, 1.54) is 0 Å². The summed E-state index contributed by atoms with van der Waals surface area (Å²) in [5, 5.41) is 9.54. The maximum atomic E-state index is 9.54. The molecule has 0 saturated heterocycles. The summed E-state index contributed by atoms with van der Waals surface area (Å²) in [5.74, 6) is 0.632. The monoisotopic (exact) mass is 143 g/mol. The van der Waals surface area contributed by atoms with Crippen LogP contribution in [0.4, 0.5) is 0 Å². The van der Waals surface area contributed by atoms with E-state index in [1.54, 1.807) is 0 Å². The first kappa shape index (κ1) is 8.02. The van der Waals surface area contributed by atoms with Crippen LogP contribution < -0.4 is 5.73 Å². The van der Waals surface area contributed by atoms with Gasteiger partial charge >= 0.3 is 0 Å². The highest BCUT2D eigenvalue weighted by Gasteiger charge is 2.54. The second kappa shape index (κ2) is 2.51. The Kier molecular flexibility index (Phi) is 2.02. The molecule has 0 aromatic rings. The van der Waals surface area contributed by atoms with Crippen molar-refractivity contribution < 1.29 is 5.11 Å². The van der Waals surface area contributed by atoms with Gasteiger partial charge in [0.25, 0.3) is 0 Å². The van der Waals surface area contributed by atoms with Gasteiger partial charge in [0, 0.05) is 12.0 Å². The van der Waals surface area contributed by atoms with Crippen LogP contribution in [0.25, 0.3) is 0 Å². The largest absolute Gasteiger partial charge is 0.393 e. The van der Waals surface area contributed by atoms with Gasteiger partial charge < -0.3 is 10.8 Å². The van der Waals surface area contributed by atoms with E-state index in [0.29, 0.717) is 12.5 Å². The van der Waals surface area contributed by atoms with Gasteiger partial charge in [0.1, 0.15) is 0 Å². The Balaban J connectivity index is 2.51. The molecule has 1 fully saturated rings. The molecule has 3 atom stereocenters. The molecule has 0 radical (unpaired) electrons. The average molecular weight is 143 g/mol. The average Bonchev–Trinajstić information content (AvgIpc) is 2.61. The summed E-state index contributed by atoms with van der Waals surface area (Å²) >= 11 is 0. The number of aliphatic hydroxyl groups is 1. The lowest BCUT2D eigenvalue weighted by atomic mass is 9.95. The number of aliphatic hydroxyl groups excluding tert-OH is 1. The van der Waals surface area contributed by atoms with Crippen molar-refractivity contribution in [1.29, 1.82) is 0 Å². The number of hydrogen-bond donors (Lipinski definition) is 2. The summed E-state index contributed by atoms with van der Waals surface area (Å²) in [6, 6.07) is 0. The molecule has 0 bridgehead atoms. The first-order valence-corrected chi connectivity index (χ1v) is 4.05. The predicted molar refractivity (Wildman–Crippen MR) is 41.6 cm³/mol. The van der Waals surface area contributed by atoms with E-state index in [1.807, 2.05) is 6.92 Å². The van der Waals surface area contributed by atoms with Crippen molar-refractivity contribution in [1.82, 2.24) is 0 Å². The maximum absolute atomic E-state index is 9.54. The Morgan fingerprint density at radius 1 is 1.80 bits per heavy atom. The minimum Gasteiger partial charge on any atom is -0.393 e. The van der Waals surface area contributed by atoms with Gasteiger partial charge in [-0.15, -0.1) is 0 Å². The molecular formula is C8H17NO. The zero-order chi connectivity index (χ0) is 7.78. The van der Waals surface area contributed by atoms with Crippen molar-refractivity contribution in [3.05, 3.63) is 0 Å². The summed E-state index contributed by atoms with van der Waals surface area (Å²) in [7, 11) is 0. The molecule has 0 spiro atoms. The van der Waals surface area contributed by atoms with Gasteiger partial charge in [-0.25, -0.2) is 0 Å². The molecule has 1 rings (SSSR count). The Morgan fingerprint density at radius 2 is 2.30 bits per heavy atom. The summed E-state index contributed by atoms with van der Waals surface area (Å²) in [5.41, 5.74) is 5.67. The summed E-state index contributed by atoms with van der Waals surface area (Å²) in [6.45, 7) is 4.81. The van der Waals surface area contributed by atoms with Crippen molar-refractivity contribution >= 4 is 0 Å². The number of rotatable bonds is 3. The van der Waals surface area contributed by atoms with Crippen molar-refractivity contribution in [2.75, 3.05) is 6.54 Å². The third kappa shape index (κ3) is 0.956. The van der Waals surface area contributed by atoms with Gasteiger partial charge in [0.2, 0.25) is 0 Å². The molecular weight excluding hydrogens is 126 g/mol. The minimum atomic E-state index is -0.174. The second-order valence-corrected chi connectivity index (χ2v) is 3.47. The van der Waals surface area contributed by atoms with Crippen molar-refractivity contribution in [2.45, 2.75) is 32.8 Å². The second-order valence-electron chi connectivity index (χ2n) is 3.47. The summed E-state index contributed by atoms with van der Waals surface area (Å²) in [6.07, 6.45) is 1.77. The molecule has 0 aromatic carbocycles. The van der Waals surface area contributed by atoms with E-state index in [-0.39, 0.29) is 11.5 Å². The predicted octanol–water partition coefficient (Wildman–Crippen LogP) is 0.742. The first-order valence-electron chi connectivity index (χ1n) is 4.05. The normalized spacial score (nSPS) is 41.4. The van der Waals surface area contributed by atoms with E-state index < -0.39 is 0 Å². The fraction of sp³-hybridized carbons (Fsp3) is 1.00. The quantitative estimate of drug-likeness (QED) is 0.612. The third-order valence-corrected chi connectivity index (χ3v) is 2.94. The van der Waals surface area contributed by atoms with Crippen LogP contribution in [0, 0.1) is 11.3 Å². The minimum absolute atomic E-state index is 0.0920. The molecule has 0 heterocycles. The third-order valence-electron chi connectivity index (χ3n) is 2.94. The van der Waals surface area contributed by atoms with Crippen LogP contribution >= 0.6 is 0 Å². The molecule has 1 aliphatic rings. The summed E-state index contributed by atoms with van der Waals surface area (Å²) < 4.78 is 0. The van der Waals surface area contributed by atoms with Crippen LogP contribution in [0.1, 0.15) is 26.7 Å². The van der Waals surface area contributed by atoms with Crippen LogP contribution in [0.15, 0.2) is 0 Å². The van der Waals surface area contributed by atoms with E-state index in [4.69, 9.17) is 5.73 Å². The van der Waals surface area contributed by atoms with Gasteiger partial charge in [0.15, 0.2) is 0 Å². The van der Waals surface area contributed by atoms with Crippen LogP contribution in [0.2, 0.25) is 0 Å². The lowest BCUT2D eigenvalue weighted by molar-refractivity contribution is 0.0852. The van der Waals surface area contributed by atoms with E-state index >= 15 is 0 Å². The molecule has 1 aliphatic carbocycles. The molecule has 0 unspecified atom stereocenters. The molecule has 1 saturated carbocycles. The molecule has 0 amide bonds. The smallest absolute Gasteiger partial charge is 0.0608 e. The van der Waals surface area contributed by atoms with E-state index in [2.05, 4.69) is 6.92 Å². The van der Waals surface area contributed by atoms with Crippen molar-refractivity contribution in [3.8, 4) is 0 Å². The molecule has 0 aliphatic heterocycles. The molecule has 3 N–H and O–H groups in total. The number of hydrogen-bond acceptors (Lipinski definition) is 2. The topological polar surface area (TPSA) is 46.2 Å². The Bertz CT molecular complexity index is 122. The standard InChI is InChI=1S/C8H17NO/c1-3-7(10)8(5-9)4-6(8)2/h6-7,10H,3-5,9H2,1-2H3/t6-,7+,8-/m1/s1. The van der Waals surface area contributed by atoms with Gasteiger partial charge in [-0.1, -0.05) is 13.8 Å². The van der Waals surface area contributed by atoms with Gasteiger partial charge in [-0.05, 0) is 18.8 Å². The fourth-order valence-corrected chi connectivity index (χ4v) is 1.80. The first-order chi connectivity index (χ1) is 4.67. The number of nitrogens with two attached hydrogens (primary N) is 1. The Morgan fingerprint density at radius 3 is 2.40 bits per heavy atom. The highest BCUT2D eigenvalue weighted by molar-refractivity contribution is 5.04.